The van der Waals surface area contributed by atoms with Crippen molar-refractivity contribution in [2.75, 3.05) is 26.2 Å². The fraction of sp³-hybridized carbons (Fsp3) is 0.444. The monoisotopic (exact) mass is 363 g/mol. The lowest BCUT2D eigenvalue weighted by molar-refractivity contribution is 0.0949. The maximum Gasteiger partial charge on any atom is 0.251 e. The molecule has 0 radical (unpaired) electrons. The van der Waals surface area contributed by atoms with Crippen LogP contribution in [0.2, 0.25) is 0 Å². The van der Waals surface area contributed by atoms with Crippen LogP contribution in [0.5, 0.6) is 0 Å². The van der Waals surface area contributed by atoms with Gasteiger partial charge in [-0.25, -0.2) is 4.98 Å². The fourth-order valence-corrected chi connectivity index (χ4v) is 3.81. The van der Waals surface area contributed by atoms with Gasteiger partial charge in [0, 0.05) is 34.7 Å². The van der Waals surface area contributed by atoms with E-state index in [1.165, 1.54) is 0 Å². The zero-order chi connectivity index (χ0) is 17.4. The van der Waals surface area contributed by atoms with E-state index in [9.17, 15) is 4.79 Å². The van der Waals surface area contributed by atoms with Crippen molar-refractivity contribution in [2.45, 2.75) is 31.4 Å². The molecular formula is C18H25N3OS2. The molecule has 1 aromatic carbocycles. The molecule has 0 spiro atoms. The number of thioether (sulfide) groups is 1. The van der Waals surface area contributed by atoms with Crippen LogP contribution in [-0.2, 0) is 5.75 Å². The van der Waals surface area contributed by atoms with Crippen LogP contribution in [0.3, 0.4) is 0 Å². The Labute approximate surface area is 152 Å². The van der Waals surface area contributed by atoms with E-state index in [0.717, 1.165) is 41.0 Å². The third kappa shape index (κ3) is 5.92. The van der Waals surface area contributed by atoms with Gasteiger partial charge in [-0.3, -0.25) is 4.79 Å². The van der Waals surface area contributed by atoms with Gasteiger partial charge < -0.3 is 10.2 Å². The largest absolute Gasteiger partial charge is 0.351 e. The number of hydrogen-bond acceptors (Lipinski definition) is 5. The summed E-state index contributed by atoms with van der Waals surface area (Å²) in [4.78, 5) is 20.1. The van der Waals surface area contributed by atoms with Gasteiger partial charge in [0.25, 0.3) is 5.91 Å². The van der Waals surface area contributed by atoms with Crippen LogP contribution in [0.25, 0.3) is 0 Å². The highest BCUT2D eigenvalue weighted by molar-refractivity contribution is 7.98. The molecule has 0 aliphatic rings. The second-order valence-corrected chi connectivity index (χ2v) is 7.56. The van der Waals surface area contributed by atoms with Gasteiger partial charge in [-0.1, -0.05) is 13.8 Å². The number of aryl methyl sites for hydroxylation is 1. The van der Waals surface area contributed by atoms with Crippen molar-refractivity contribution in [1.29, 1.82) is 0 Å². The predicted octanol–water partition coefficient (Wildman–Crippen LogP) is 3.82. The number of benzene rings is 1. The number of hydrogen-bond donors (Lipinski definition) is 1. The zero-order valence-corrected chi connectivity index (χ0v) is 16.2. The molecule has 1 aromatic heterocycles. The van der Waals surface area contributed by atoms with Gasteiger partial charge in [-0.15, -0.1) is 23.1 Å². The second kappa shape index (κ2) is 9.81. The molecule has 1 N–H and O–H groups in total. The van der Waals surface area contributed by atoms with Crippen molar-refractivity contribution < 1.29 is 4.79 Å². The van der Waals surface area contributed by atoms with E-state index in [4.69, 9.17) is 0 Å². The first-order valence-electron chi connectivity index (χ1n) is 8.26. The van der Waals surface area contributed by atoms with Gasteiger partial charge in [-0.05, 0) is 44.3 Å². The second-order valence-electron chi connectivity index (χ2n) is 5.45. The standard InChI is InChI=1S/C18H25N3OS2/c1-4-21(5-2)11-10-19-18(22)15-6-8-17(9-7-15)24-13-16-12-23-14(3)20-16/h6-9,12H,4-5,10-11,13H2,1-3H3,(H,19,22). The minimum Gasteiger partial charge on any atom is -0.351 e. The highest BCUT2D eigenvalue weighted by Crippen LogP contribution is 2.23. The lowest BCUT2D eigenvalue weighted by Crippen LogP contribution is -2.34. The van der Waals surface area contributed by atoms with Crippen LogP contribution in [-0.4, -0.2) is 42.0 Å². The van der Waals surface area contributed by atoms with Crippen LogP contribution >= 0.6 is 23.1 Å². The molecule has 130 valence electrons. The third-order valence-corrected chi connectivity index (χ3v) is 5.65. The number of carbonyl (C=O) groups is 1. The Balaban J connectivity index is 1.79. The molecule has 0 saturated carbocycles. The molecule has 24 heavy (non-hydrogen) atoms. The molecule has 0 atom stereocenters. The topological polar surface area (TPSA) is 45.2 Å². The van der Waals surface area contributed by atoms with Crippen molar-refractivity contribution in [3.63, 3.8) is 0 Å². The molecule has 2 aromatic rings. The number of rotatable bonds is 9. The van der Waals surface area contributed by atoms with Crippen molar-refractivity contribution in [3.8, 4) is 0 Å². The van der Waals surface area contributed by atoms with Crippen molar-refractivity contribution in [2.24, 2.45) is 0 Å². The Hall–Kier alpha value is -1.37. The first kappa shape index (κ1) is 19.0. The minimum atomic E-state index is -0.00571. The quantitative estimate of drug-likeness (QED) is 0.688. The summed E-state index contributed by atoms with van der Waals surface area (Å²) < 4.78 is 0. The number of nitrogens with zero attached hydrogens (tertiary/aromatic N) is 2. The number of amides is 1. The third-order valence-electron chi connectivity index (χ3n) is 3.78. The van der Waals surface area contributed by atoms with E-state index in [0.29, 0.717) is 12.1 Å². The molecule has 0 bridgehead atoms. The molecule has 4 nitrogen and oxygen atoms in total. The highest BCUT2D eigenvalue weighted by Gasteiger charge is 2.07. The first-order chi connectivity index (χ1) is 11.6. The Kier molecular flexibility index (Phi) is 7.75. The molecule has 2 rings (SSSR count). The van der Waals surface area contributed by atoms with Gasteiger partial charge in [-0.2, -0.15) is 0 Å². The summed E-state index contributed by atoms with van der Waals surface area (Å²) in [5.74, 6) is 0.855. The fourth-order valence-electron chi connectivity index (χ4n) is 2.30. The number of thiazole rings is 1. The average molecular weight is 364 g/mol. The van der Waals surface area contributed by atoms with Gasteiger partial charge >= 0.3 is 0 Å². The van der Waals surface area contributed by atoms with E-state index in [2.05, 4.69) is 34.4 Å². The molecule has 0 fully saturated rings. The maximum absolute atomic E-state index is 12.2. The van der Waals surface area contributed by atoms with E-state index in [1.54, 1.807) is 23.1 Å². The molecule has 0 saturated heterocycles. The van der Waals surface area contributed by atoms with Gasteiger partial charge in [0.1, 0.15) is 0 Å². The van der Waals surface area contributed by atoms with Crippen LogP contribution in [0.4, 0.5) is 0 Å². The number of nitrogens with one attached hydrogen (secondary N) is 1. The molecule has 6 heteroatoms. The van der Waals surface area contributed by atoms with E-state index >= 15 is 0 Å². The summed E-state index contributed by atoms with van der Waals surface area (Å²) in [6, 6.07) is 7.79. The summed E-state index contributed by atoms with van der Waals surface area (Å²) in [6.45, 7) is 9.88. The van der Waals surface area contributed by atoms with Crippen LogP contribution in [0.1, 0.15) is 34.9 Å². The van der Waals surface area contributed by atoms with E-state index in [1.807, 2.05) is 31.2 Å². The van der Waals surface area contributed by atoms with Gasteiger partial charge in [0.15, 0.2) is 0 Å². The summed E-state index contributed by atoms with van der Waals surface area (Å²) >= 11 is 3.42. The van der Waals surface area contributed by atoms with E-state index in [-0.39, 0.29) is 5.91 Å². The normalized spacial score (nSPS) is 11.0. The van der Waals surface area contributed by atoms with Crippen molar-refractivity contribution >= 4 is 29.0 Å². The molecule has 0 aliphatic carbocycles. The number of aromatic nitrogens is 1. The lowest BCUT2D eigenvalue weighted by Gasteiger charge is -2.17. The number of carbonyl (C=O) groups excluding carboxylic acids is 1. The summed E-state index contributed by atoms with van der Waals surface area (Å²) in [6.07, 6.45) is 0. The van der Waals surface area contributed by atoms with Crippen LogP contribution in [0.15, 0.2) is 34.5 Å². The molecule has 0 unspecified atom stereocenters. The Morgan fingerprint density at radius 3 is 2.54 bits per heavy atom. The predicted molar refractivity (Wildman–Crippen MR) is 103 cm³/mol. The zero-order valence-electron chi connectivity index (χ0n) is 14.5. The molecular weight excluding hydrogens is 338 g/mol. The van der Waals surface area contributed by atoms with Crippen molar-refractivity contribution in [1.82, 2.24) is 15.2 Å². The first-order valence-corrected chi connectivity index (χ1v) is 10.1. The Morgan fingerprint density at radius 2 is 1.96 bits per heavy atom. The average Bonchev–Trinajstić information content (AvgIpc) is 3.02. The molecule has 1 amide bonds. The number of likely N-dealkylation sites (N-methyl/N-ethyl adjacent to an activating group) is 1. The Morgan fingerprint density at radius 1 is 1.25 bits per heavy atom. The SMILES string of the molecule is CCN(CC)CCNC(=O)c1ccc(SCc2csc(C)n2)cc1. The highest BCUT2D eigenvalue weighted by atomic mass is 32.2. The van der Waals surface area contributed by atoms with Crippen LogP contribution < -0.4 is 5.32 Å². The van der Waals surface area contributed by atoms with Gasteiger partial charge in [0.2, 0.25) is 0 Å². The summed E-state index contributed by atoms with van der Waals surface area (Å²) in [7, 11) is 0. The lowest BCUT2D eigenvalue weighted by atomic mass is 10.2. The smallest absolute Gasteiger partial charge is 0.251 e. The summed E-state index contributed by atoms with van der Waals surface area (Å²) in [5, 5.41) is 6.18. The molecule has 1 heterocycles. The van der Waals surface area contributed by atoms with Crippen LogP contribution in [0, 0.1) is 6.92 Å². The Bertz CT molecular complexity index is 636. The van der Waals surface area contributed by atoms with E-state index < -0.39 is 0 Å². The van der Waals surface area contributed by atoms with Crippen molar-refractivity contribution in [3.05, 3.63) is 45.9 Å². The molecule has 0 aliphatic heterocycles. The minimum absolute atomic E-state index is 0.00571. The summed E-state index contributed by atoms with van der Waals surface area (Å²) in [5.41, 5.74) is 1.82. The van der Waals surface area contributed by atoms with Gasteiger partial charge in [0.05, 0.1) is 10.7 Å². The maximum atomic E-state index is 12.2.